The van der Waals surface area contributed by atoms with Crippen molar-refractivity contribution in [3.8, 4) is 5.69 Å². The van der Waals surface area contributed by atoms with Crippen molar-refractivity contribution in [2.24, 2.45) is 5.92 Å². The lowest BCUT2D eigenvalue weighted by Crippen LogP contribution is -2.30. The molecular weight excluding hydrogens is 264 g/mol. The second-order valence-electron chi connectivity index (χ2n) is 5.57. The van der Waals surface area contributed by atoms with E-state index in [-0.39, 0.29) is 6.10 Å². The third-order valence-electron chi connectivity index (χ3n) is 3.38. The van der Waals surface area contributed by atoms with E-state index in [0.29, 0.717) is 12.5 Å². The van der Waals surface area contributed by atoms with Crippen LogP contribution in [-0.4, -0.2) is 34.5 Å². The predicted molar refractivity (Wildman–Crippen MR) is 83.3 cm³/mol. The Labute approximate surface area is 126 Å². The van der Waals surface area contributed by atoms with Gasteiger partial charge in [0.1, 0.15) is 6.33 Å². The molecule has 1 atom stereocenters. The monoisotopic (exact) mass is 288 g/mol. The second kappa shape index (κ2) is 7.90. The van der Waals surface area contributed by atoms with E-state index in [2.05, 4.69) is 29.4 Å². The van der Waals surface area contributed by atoms with Gasteiger partial charge in [-0.25, -0.2) is 0 Å². The highest BCUT2D eigenvalue weighted by atomic mass is 16.5. The highest BCUT2D eigenvalue weighted by molar-refractivity contribution is 5.31. The van der Waals surface area contributed by atoms with Gasteiger partial charge in [0.05, 0.1) is 12.6 Å². The summed E-state index contributed by atoms with van der Waals surface area (Å²) in [6.45, 7) is 5.90. The van der Waals surface area contributed by atoms with Crippen molar-refractivity contribution in [1.29, 1.82) is 0 Å². The van der Waals surface area contributed by atoms with Gasteiger partial charge in [-0.3, -0.25) is 4.57 Å². The Hall–Kier alpha value is -1.72. The molecule has 21 heavy (non-hydrogen) atoms. The molecule has 0 fully saturated rings. The van der Waals surface area contributed by atoms with E-state index in [9.17, 15) is 0 Å². The van der Waals surface area contributed by atoms with E-state index in [0.717, 1.165) is 24.5 Å². The summed E-state index contributed by atoms with van der Waals surface area (Å²) in [5.41, 5.74) is 1.07. The summed E-state index contributed by atoms with van der Waals surface area (Å²) in [5.74, 6) is 1.53. The number of nitrogens with one attached hydrogen (secondary N) is 1. The molecule has 0 bridgehead atoms. The molecule has 0 saturated heterocycles. The van der Waals surface area contributed by atoms with Gasteiger partial charge in [-0.2, -0.15) is 0 Å². The molecule has 5 heteroatoms. The summed E-state index contributed by atoms with van der Waals surface area (Å²) in [7, 11) is 1.77. The van der Waals surface area contributed by atoms with Crippen molar-refractivity contribution in [3.63, 3.8) is 0 Å². The first-order chi connectivity index (χ1) is 10.2. The Kier molecular flexibility index (Phi) is 5.90. The highest BCUT2D eigenvalue weighted by Crippen LogP contribution is 2.09. The maximum Gasteiger partial charge on any atom is 0.151 e. The minimum absolute atomic E-state index is 0.234. The molecular formula is C16H24N4O. The van der Waals surface area contributed by atoms with Crippen molar-refractivity contribution in [2.75, 3.05) is 13.7 Å². The molecule has 2 rings (SSSR count). The van der Waals surface area contributed by atoms with Crippen LogP contribution in [0.4, 0.5) is 0 Å². The number of hydrogen-bond acceptors (Lipinski definition) is 4. The summed E-state index contributed by atoms with van der Waals surface area (Å²) in [6, 6.07) is 10.1. The first kappa shape index (κ1) is 15.7. The molecule has 0 aliphatic rings. The molecule has 0 amide bonds. The second-order valence-corrected chi connectivity index (χ2v) is 5.57. The van der Waals surface area contributed by atoms with Crippen LogP contribution in [0, 0.1) is 5.92 Å². The van der Waals surface area contributed by atoms with Gasteiger partial charge < -0.3 is 10.1 Å². The summed E-state index contributed by atoms with van der Waals surface area (Å²) in [4.78, 5) is 0. The van der Waals surface area contributed by atoms with Gasteiger partial charge in [-0.15, -0.1) is 10.2 Å². The molecule has 0 aliphatic heterocycles. The normalized spacial score (nSPS) is 12.8. The molecule has 1 unspecified atom stereocenters. The van der Waals surface area contributed by atoms with Crippen molar-refractivity contribution < 1.29 is 4.74 Å². The number of hydrogen-bond donors (Lipinski definition) is 1. The van der Waals surface area contributed by atoms with Crippen molar-refractivity contribution in [3.05, 3.63) is 42.5 Å². The standard InChI is InChI=1S/C16H24N4O/c1-13(2)9-15(21-3)10-17-11-16-19-18-12-20(16)14-7-5-4-6-8-14/h4-8,12-13,15,17H,9-11H2,1-3H3. The van der Waals surface area contributed by atoms with Crippen molar-refractivity contribution >= 4 is 0 Å². The number of nitrogens with zero attached hydrogens (tertiary/aromatic N) is 3. The number of aromatic nitrogens is 3. The zero-order valence-electron chi connectivity index (χ0n) is 13.0. The Bertz CT molecular complexity index is 524. The van der Waals surface area contributed by atoms with Crippen LogP contribution in [0.1, 0.15) is 26.1 Å². The van der Waals surface area contributed by atoms with Gasteiger partial charge in [0.2, 0.25) is 0 Å². The number of methoxy groups -OCH3 is 1. The van der Waals surface area contributed by atoms with Crippen molar-refractivity contribution in [1.82, 2.24) is 20.1 Å². The van der Waals surface area contributed by atoms with Crippen LogP contribution in [-0.2, 0) is 11.3 Å². The van der Waals surface area contributed by atoms with Crippen LogP contribution in [0.2, 0.25) is 0 Å². The molecule has 1 N–H and O–H groups in total. The minimum atomic E-state index is 0.234. The third-order valence-corrected chi connectivity index (χ3v) is 3.38. The van der Waals surface area contributed by atoms with E-state index >= 15 is 0 Å². The topological polar surface area (TPSA) is 52.0 Å². The summed E-state index contributed by atoms with van der Waals surface area (Å²) < 4.78 is 7.49. The fraction of sp³-hybridized carbons (Fsp3) is 0.500. The van der Waals surface area contributed by atoms with Crippen LogP contribution in [0.5, 0.6) is 0 Å². The average Bonchev–Trinajstić information content (AvgIpc) is 2.95. The molecule has 0 radical (unpaired) electrons. The maximum atomic E-state index is 5.49. The minimum Gasteiger partial charge on any atom is -0.380 e. The Morgan fingerprint density at radius 3 is 2.67 bits per heavy atom. The summed E-state index contributed by atoms with van der Waals surface area (Å²) in [6.07, 6.45) is 3.03. The molecule has 2 aromatic rings. The molecule has 1 heterocycles. The Morgan fingerprint density at radius 1 is 1.24 bits per heavy atom. The van der Waals surface area contributed by atoms with Crippen LogP contribution in [0.15, 0.2) is 36.7 Å². The zero-order valence-corrected chi connectivity index (χ0v) is 13.0. The number of benzene rings is 1. The lowest BCUT2D eigenvalue weighted by atomic mass is 10.1. The average molecular weight is 288 g/mol. The van der Waals surface area contributed by atoms with E-state index in [4.69, 9.17) is 4.74 Å². The van der Waals surface area contributed by atoms with Gasteiger partial charge in [-0.1, -0.05) is 32.0 Å². The Balaban J connectivity index is 1.91. The van der Waals surface area contributed by atoms with Crippen LogP contribution >= 0.6 is 0 Å². The number of para-hydroxylation sites is 1. The molecule has 114 valence electrons. The molecule has 1 aromatic carbocycles. The van der Waals surface area contributed by atoms with E-state index in [1.807, 2.05) is 34.9 Å². The van der Waals surface area contributed by atoms with Crippen LogP contribution in [0.25, 0.3) is 5.69 Å². The summed E-state index contributed by atoms with van der Waals surface area (Å²) >= 11 is 0. The smallest absolute Gasteiger partial charge is 0.151 e. The zero-order chi connectivity index (χ0) is 15.1. The molecule has 5 nitrogen and oxygen atoms in total. The fourth-order valence-electron chi connectivity index (χ4n) is 2.32. The molecule has 0 aliphatic carbocycles. The van der Waals surface area contributed by atoms with Crippen LogP contribution in [0.3, 0.4) is 0 Å². The SMILES string of the molecule is COC(CNCc1nncn1-c1ccccc1)CC(C)C. The Morgan fingerprint density at radius 2 is 2.00 bits per heavy atom. The van der Waals surface area contributed by atoms with Gasteiger partial charge >= 0.3 is 0 Å². The lowest BCUT2D eigenvalue weighted by Gasteiger charge is -2.18. The fourth-order valence-corrected chi connectivity index (χ4v) is 2.32. The first-order valence-corrected chi connectivity index (χ1v) is 7.38. The van der Waals surface area contributed by atoms with Gasteiger partial charge in [0.25, 0.3) is 0 Å². The molecule has 0 spiro atoms. The largest absolute Gasteiger partial charge is 0.380 e. The quantitative estimate of drug-likeness (QED) is 0.810. The van der Waals surface area contributed by atoms with Crippen molar-refractivity contribution in [2.45, 2.75) is 32.9 Å². The predicted octanol–water partition coefficient (Wildman–Crippen LogP) is 2.42. The van der Waals surface area contributed by atoms with E-state index < -0.39 is 0 Å². The lowest BCUT2D eigenvalue weighted by molar-refractivity contribution is 0.0835. The number of rotatable bonds is 8. The molecule has 0 saturated carbocycles. The van der Waals surface area contributed by atoms with E-state index in [1.54, 1.807) is 13.4 Å². The highest BCUT2D eigenvalue weighted by Gasteiger charge is 2.11. The van der Waals surface area contributed by atoms with Crippen LogP contribution < -0.4 is 5.32 Å². The number of ether oxygens (including phenoxy) is 1. The van der Waals surface area contributed by atoms with Gasteiger partial charge in [0, 0.05) is 19.3 Å². The first-order valence-electron chi connectivity index (χ1n) is 7.38. The third kappa shape index (κ3) is 4.65. The van der Waals surface area contributed by atoms with Gasteiger partial charge in [-0.05, 0) is 24.5 Å². The molecule has 1 aromatic heterocycles. The summed E-state index contributed by atoms with van der Waals surface area (Å²) in [5, 5.41) is 11.6. The van der Waals surface area contributed by atoms with E-state index in [1.165, 1.54) is 0 Å². The van der Waals surface area contributed by atoms with Gasteiger partial charge in [0.15, 0.2) is 5.82 Å². The maximum absolute atomic E-state index is 5.49.